The second kappa shape index (κ2) is 4.66. The molecule has 1 aliphatic rings. The van der Waals surface area contributed by atoms with Crippen LogP contribution in [0.1, 0.15) is 20.8 Å². The zero-order chi connectivity index (χ0) is 11.6. The number of carbonyl (C=O) groups is 2. The Bertz CT molecular complexity index is 315. The fraction of sp³-hybridized carbons (Fsp3) is 0.600. The second-order valence-electron chi connectivity index (χ2n) is 3.83. The maximum absolute atomic E-state index is 11.8. The van der Waals surface area contributed by atoms with Gasteiger partial charge < -0.3 is 10.2 Å². The summed E-state index contributed by atoms with van der Waals surface area (Å²) in [4.78, 5) is 24.8. The zero-order valence-corrected chi connectivity index (χ0v) is 9.84. The van der Waals surface area contributed by atoms with Crippen molar-refractivity contribution in [3.63, 3.8) is 0 Å². The van der Waals surface area contributed by atoms with Crippen molar-refractivity contribution in [2.75, 3.05) is 6.54 Å². The maximum Gasteiger partial charge on any atom is 0.245 e. The fourth-order valence-corrected chi connectivity index (χ4v) is 1.56. The van der Waals surface area contributed by atoms with Crippen LogP contribution in [0.15, 0.2) is 11.1 Å². The highest BCUT2D eigenvalue weighted by molar-refractivity contribution is 6.25. The lowest BCUT2D eigenvalue weighted by molar-refractivity contribution is -0.147. The van der Waals surface area contributed by atoms with E-state index < -0.39 is 12.1 Å². The number of piperazine rings is 1. The van der Waals surface area contributed by atoms with Crippen molar-refractivity contribution < 1.29 is 9.59 Å². The normalized spacial score (nSPS) is 28.0. The number of carbonyl (C=O) groups excluding carboxylic acids is 2. The number of nitrogens with one attached hydrogen (secondary N) is 1. The largest absolute Gasteiger partial charge is 0.343 e. The summed E-state index contributed by atoms with van der Waals surface area (Å²) >= 11 is 5.54. The molecule has 1 heterocycles. The van der Waals surface area contributed by atoms with Crippen molar-refractivity contribution in [2.24, 2.45) is 0 Å². The second-order valence-corrected chi connectivity index (χ2v) is 4.05. The summed E-state index contributed by atoms with van der Waals surface area (Å²) in [6.45, 7) is 5.62. The van der Waals surface area contributed by atoms with Gasteiger partial charge in [-0.1, -0.05) is 11.6 Å². The van der Waals surface area contributed by atoms with Crippen molar-refractivity contribution in [1.29, 1.82) is 0 Å². The Morgan fingerprint density at radius 1 is 1.53 bits per heavy atom. The molecule has 15 heavy (non-hydrogen) atoms. The van der Waals surface area contributed by atoms with Gasteiger partial charge in [0.1, 0.15) is 12.1 Å². The van der Waals surface area contributed by atoms with Crippen LogP contribution in [-0.2, 0) is 9.59 Å². The molecule has 1 fully saturated rings. The van der Waals surface area contributed by atoms with Gasteiger partial charge in [0.15, 0.2) is 0 Å². The highest BCUT2D eigenvalue weighted by Crippen LogP contribution is 2.12. The van der Waals surface area contributed by atoms with Crippen molar-refractivity contribution in [3.8, 4) is 0 Å². The number of amides is 2. The number of hydrogen-bond donors (Lipinski definition) is 1. The van der Waals surface area contributed by atoms with Gasteiger partial charge in [0, 0.05) is 12.1 Å². The smallest absolute Gasteiger partial charge is 0.245 e. The van der Waals surface area contributed by atoms with Crippen molar-refractivity contribution in [3.05, 3.63) is 11.1 Å². The first-order valence-electron chi connectivity index (χ1n) is 4.84. The molecule has 1 aliphatic heterocycles. The van der Waals surface area contributed by atoms with Gasteiger partial charge in [0.25, 0.3) is 0 Å². The molecule has 0 radical (unpaired) electrons. The van der Waals surface area contributed by atoms with Crippen LogP contribution >= 0.6 is 11.6 Å². The van der Waals surface area contributed by atoms with Crippen LogP contribution in [-0.4, -0.2) is 35.3 Å². The summed E-state index contributed by atoms with van der Waals surface area (Å²) in [7, 11) is 0. The van der Waals surface area contributed by atoms with Gasteiger partial charge in [-0.05, 0) is 26.3 Å². The summed E-state index contributed by atoms with van der Waals surface area (Å²) in [5.74, 6) is -0.190. The van der Waals surface area contributed by atoms with Gasteiger partial charge >= 0.3 is 0 Å². The topological polar surface area (TPSA) is 49.4 Å². The molecule has 0 bridgehead atoms. The van der Waals surface area contributed by atoms with Gasteiger partial charge in [0.2, 0.25) is 11.8 Å². The Balaban J connectivity index is 2.82. The molecule has 0 saturated carbocycles. The van der Waals surface area contributed by atoms with E-state index in [0.29, 0.717) is 6.54 Å². The number of hydrogen-bond acceptors (Lipinski definition) is 2. The van der Waals surface area contributed by atoms with Gasteiger partial charge in [-0.25, -0.2) is 0 Å². The van der Waals surface area contributed by atoms with Gasteiger partial charge in [0.05, 0.1) is 0 Å². The Hall–Kier alpha value is -1.03. The van der Waals surface area contributed by atoms with Crippen LogP contribution in [0, 0.1) is 0 Å². The maximum atomic E-state index is 11.8. The lowest BCUT2D eigenvalue weighted by Gasteiger charge is -2.36. The first-order valence-corrected chi connectivity index (χ1v) is 5.27. The quantitative estimate of drug-likeness (QED) is 0.765. The Labute approximate surface area is 94.3 Å². The van der Waals surface area contributed by atoms with E-state index >= 15 is 0 Å². The summed E-state index contributed by atoms with van der Waals surface area (Å²) in [6.07, 6.45) is 0. The molecule has 4 nitrogen and oxygen atoms in total. The third-order valence-corrected chi connectivity index (χ3v) is 2.84. The van der Waals surface area contributed by atoms with E-state index in [0.717, 1.165) is 5.57 Å². The third-order valence-electron chi connectivity index (χ3n) is 2.47. The summed E-state index contributed by atoms with van der Waals surface area (Å²) in [5, 5.41) is 2.62. The average Bonchev–Trinajstić information content (AvgIpc) is 2.21. The molecular weight excluding hydrogens is 216 g/mol. The monoisotopic (exact) mass is 230 g/mol. The van der Waals surface area contributed by atoms with Crippen LogP contribution in [0.2, 0.25) is 0 Å². The molecule has 2 atom stereocenters. The lowest BCUT2D eigenvalue weighted by Crippen LogP contribution is -2.61. The van der Waals surface area contributed by atoms with Gasteiger partial charge in [-0.15, -0.1) is 0 Å². The summed E-state index contributed by atoms with van der Waals surface area (Å²) in [6, 6.07) is -0.878. The molecule has 2 unspecified atom stereocenters. The Kier molecular flexibility index (Phi) is 3.74. The number of halogens is 1. The predicted octanol–water partition coefficient (Wildman–Crippen LogP) is 0.864. The highest BCUT2D eigenvalue weighted by Gasteiger charge is 2.35. The highest BCUT2D eigenvalue weighted by atomic mass is 35.5. The minimum absolute atomic E-state index is 0.0695. The summed E-state index contributed by atoms with van der Waals surface area (Å²) in [5.41, 5.74) is 2.29. The molecule has 0 aromatic rings. The molecule has 1 saturated heterocycles. The lowest BCUT2D eigenvalue weighted by atomic mass is 10.1. The van der Waals surface area contributed by atoms with Crippen molar-refractivity contribution in [2.45, 2.75) is 32.9 Å². The molecule has 0 aliphatic carbocycles. The SMILES string of the molecule is CC(=CCl)CN1C(=O)C(C)NC(=O)C1C. The molecule has 0 aromatic carbocycles. The number of nitrogens with zero attached hydrogens (tertiary/aromatic N) is 1. The third kappa shape index (κ3) is 2.50. The first-order chi connectivity index (χ1) is 6.97. The first kappa shape index (κ1) is 12.0. The van der Waals surface area contributed by atoms with E-state index in [1.807, 2.05) is 6.92 Å². The van der Waals surface area contributed by atoms with Crippen LogP contribution < -0.4 is 5.32 Å². The molecule has 1 rings (SSSR count). The van der Waals surface area contributed by atoms with Gasteiger partial charge in [-0.3, -0.25) is 9.59 Å². The molecule has 84 valence electrons. The average molecular weight is 231 g/mol. The molecule has 0 spiro atoms. The van der Waals surface area contributed by atoms with Gasteiger partial charge in [-0.2, -0.15) is 0 Å². The Morgan fingerprint density at radius 2 is 2.13 bits per heavy atom. The molecule has 1 N–H and O–H groups in total. The molecular formula is C10H15ClN2O2. The predicted molar refractivity (Wildman–Crippen MR) is 58.4 cm³/mol. The number of rotatable bonds is 2. The van der Waals surface area contributed by atoms with E-state index in [4.69, 9.17) is 11.6 Å². The molecule has 2 amide bonds. The molecule has 5 heteroatoms. The zero-order valence-electron chi connectivity index (χ0n) is 9.08. The van der Waals surface area contributed by atoms with Crippen LogP contribution in [0.3, 0.4) is 0 Å². The fourth-order valence-electron chi connectivity index (χ4n) is 1.49. The standard InChI is InChI=1S/C10H15ClN2O2/c1-6(4-11)5-13-8(3)9(14)12-7(2)10(13)15/h4,7-8H,5H2,1-3H3,(H,12,14). The minimum Gasteiger partial charge on any atom is -0.343 e. The van der Waals surface area contributed by atoms with E-state index in [1.54, 1.807) is 13.8 Å². The Morgan fingerprint density at radius 3 is 2.67 bits per heavy atom. The van der Waals surface area contributed by atoms with E-state index in [-0.39, 0.29) is 11.8 Å². The van der Waals surface area contributed by atoms with Crippen LogP contribution in [0.5, 0.6) is 0 Å². The van der Waals surface area contributed by atoms with Crippen LogP contribution in [0.4, 0.5) is 0 Å². The van der Waals surface area contributed by atoms with E-state index in [1.165, 1.54) is 10.4 Å². The molecule has 0 aromatic heterocycles. The van der Waals surface area contributed by atoms with Crippen molar-refractivity contribution in [1.82, 2.24) is 10.2 Å². The van der Waals surface area contributed by atoms with E-state index in [2.05, 4.69) is 5.32 Å². The van der Waals surface area contributed by atoms with E-state index in [9.17, 15) is 9.59 Å². The summed E-state index contributed by atoms with van der Waals surface area (Å²) < 4.78 is 0. The van der Waals surface area contributed by atoms with Crippen LogP contribution in [0.25, 0.3) is 0 Å². The minimum atomic E-state index is -0.447. The van der Waals surface area contributed by atoms with Crippen molar-refractivity contribution >= 4 is 23.4 Å².